The molecule has 0 radical (unpaired) electrons. The van der Waals surface area contributed by atoms with Crippen LogP contribution >= 0.6 is 11.6 Å². The molecular weight excluding hydrogens is 354 g/mol. The number of para-hydroxylation sites is 1. The summed E-state index contributed by atoms with van der Waals surface area (Å²) in [6, 6.07) is 12.6. The summed E-state index contributed by atoms with van der Waals surface area (Å²) >= 11 is 6.35. The molecule has 0 aliphatic carbocycles. The lowest BCUT2D eigenvalue weighted by Gasteiger charge is -2.12. The Bertz CT molecular complexity index is 1150. The molecule has 0 aliphatic heterocycles. The van der Waals surface area contributed by atoms with E-state index in [1.165, 1.54) is 7.11 Å². The highest BCUT2D eigenvalue weighted by Gasteiger charge is 2.17. The molecule has 4 aromatic rings. The van der Waals surface area contributed by atoms with Crippen molar-refractivity contribution < 1.29 is 14.3 Å². The smallest absolute Gasteiger partial charge is 0.230 e. The summed E-state index contributed by atoms with van der Waals surface area (Å²) < 4.78 is 13.1. The molecule has 0 unspecified atom stereocenters. The van der Waals surface area contributed by atoms with E-state index in [2.05, 4.69) is 10.1 Å². The Balaban J connectivity index is 1.93. The molecule has 4 rings (SSSR count). The van der Waals surface area contributed by atoms with Crippen LogP contribution in [0.25, 0.3) is 16.6 Å². The lowest BCUT2D eigenvalue weighted by Crippen LogP contribution is -1.99. The summed E-state index contributed by atoms with van der Waals surface area (Å²) in [6.07, 6.45) is 0.751. The van der Waals surface area contributed by atoms with Crippen LogP contribution in [0.2, 0.25) is 5.02 Å². The van der Waals surface area contributed by atoms with E-state index in [0.29, 0.717) is 39.3 Å². The van der Waals surface area contributed by atoms with Crippen LogP contribution in [0.4, 0.5) is 0 Å². The Morgan fingerprint density at radius 3 is 2.73 bits per heavy atom. The van der Waals surface area contributed by atoms with Crippen molar-refractivity contribution in [3.8, 4) is 17.4 Å². The van der Waals surface area contributed by atoms with Gasteiger partial charge in [0.1, 0.15) is 11.3 Å². The Hall–Kier alpha value is -3.12. The number of methoxy groups -OCH3 is 1. The number of aromatic nitrogens is 3. The molecule has 0 bridgehead atoms. The highest BCUT2D eigenvalue weighted by Crippen LogP contribution is 2.36. The maximum absolute atomic E-state index is 11.0. The summed E-state index contributed by atoms with van der Waals surface area (Å²) in [7, 11) is 1.52. The molecule has 0 saturated carbocycles. The third kappa shape index (κ3) is 2.55. The summed E-state index contributed by atoms with van der Waals surface area (Å²) in [6.45, 7) is 1.83. The zero-order valence-corrected chi connectivity index (χ0v) is 14.8. The van der Waals surface area contributed by atoms with Gasteiger partial charge in [-0.05, 0) is 37.3 Å². The van der Waals surface area contributed by atoms with E-state index >= 15 is 0 Å². The summed E-state index contributed by atoms with van der Waals surface area (Å²) in [5, 5.41) is 5.70. The number of rotatable bonds is 4. The van der Waals surface area contributed by atoms with Crippen molar-refractivity contribution in [1.82, 2.24) is 14.6 Å². The fourth-order valence-electron chi connectivity index (χ4n) is 2.78. The largest absolute Gasteiger partial charge is 0.493 e. The minimum Gasteiger partial charge on any atom is -0.493 e. The van der Waals surface area contributed by atoms with Crippen LogP contribution in [0.15, 0.2) is 42.5 Å². The zero-order valence-electron chi connectivity index (χ0n) is 14.1. The standard InChI is InChI=1S/C19H14ClN3O3/c1-11-17(20)18-21-19(13-5-3-4-6-14(13)23(18)22-11)26-15-8-7-12(10-24)9-16(15)25-2/h3-10H,1-2H3. The summed E-state index contributed by atoms with van der Waals surface area (Å²) in [4.78, 5) is 15.5. The molecule has 0 amide bonds. The molecule has 2 aromatic carbocycles. The van der Waals surface area contributed by atoms with Crippen LogP contribution < -0.4 is 9.47 Å². The van der Waals surface area contributed by atoms with Crippen molar-refractivity contribution in [2.45, 2.75) is 6.92 Å². The van der Waals surface area contributed by atoms with Crippen LogP contribution in [0, 0.1) is 6.92 Å². The lowest BCUT2D eigenvalue weighted by molar-refractivity contribution is 0.112. The average Bonchev–Trinajstić information content (AvgIpc) is 2.97. The van der Waals surface area contributed by atoms with Gasteiger partial charge in [-0.2, -0.15) is 10.1 Å². The fourth-order valence-corrected chi connectivity index (χ4v) is 2.94. The first kappa shape index (κ1) is 16.4. The Morgan fingerprint density at radius 2 is 1.96 bits per heavy atom. The van der Waals surface area contributed by atoms with Crippen LogP contribution in [-0.2, 0) is 0 Å². The number of aryl methyl sites for hydroxylation is 1. The van der Waals surface area contributed by atoms with Gasteiger partial charge in [-0.25, -0.2) is 4.52 Å². The van der Waals surface area contributed by atoms with E-state index in [0.717, 1.165) is 17.2 Å². The van der Waals surface area contributed by atoms with Crippen LogP contribution in [0.1, 0.15) is 16.1 Å². The first-order valence-corrected chi connectivity index (χ1v) is 8.25. The van der Waals surface area contributed by atoms with Gasteiger partial charge in [0.05, 0.1) is 23.7 Å². The molecule has 7 heteroatoms. The number of aldehydes is 1. The number of fused-ring (bicyclic) bond motifs is 3. The molecule has 0 N–H and O–H groups in total. The van der Waals surface area contributed by atoms with Gasteiger partial charge < -0.3 is 9.47 Å². The van der Waals surface area contributed by atoms with Crippen molar-refractivity contribution in [1.29, 1.82) is 0 Å². The van der Waals surface area contributed by atoms with E-state index in [-0.39, 0.29) is 0 Å². The highest BCUT2D eigenvalue weighted by atomic mass is 35.5. The van der Waals surface area contributed by atoms with E-state index < -0.39 is 0 Å². The number of hydrogen-bond acceptors (Lipinski definition) is 5. The maximum Gasteiger partial charge on any atom is 0.230 e. The number of carbonyl (C=O) groups is 1. The van der Waals surface area contributed by atoms with Crippen molar-refractivity contribution in [3.63, 3.8) is 0 Å². The molecule has 6 nitrogen and oxygen atoms in total. The second kappa shape index (κ2) is 6.31. The fraction of sp³-hybridized carbons (Fsp3) is 0.105. The van der Waals surface area contributed by atoms with Gasteiger partial charge in [0, 0.05) is 5.56 Å². The number of hydrogen-bond donors (Lipinski definition) is 0. The average molecular weight is 368 g/mol. The SMILES string of the molecule is COc1cc(C=O)ccc1Oc1nc2c(Cl)c(C)nn2c2ccccc12. The van der Waals surface area contributed by atoms with E-state index in [1.807, 2.05) is 31.2 Å². The molecule has 26 heavy (non-hydrogen) atoms. The number of carbonyl (C=O) groups excluding carboxylic acids is 1. The quantitative estimate of drug-likeness (QED) is 0.498. The predicted octanol–water partition coefficient (Wildman–Crippen LogP) is 4.46. The van der Waals surface area contributed by atoms with Crippen LogP contribution in [0.5, 0.6) is 17.4 Å². The topological polar surface area (TPSA) is 65.7 Å². The van der Waals surface area contributed by atoms with Crippen molar-refractivity contribution in [2.24, 2.45) is 0 Å². The molecule has 2 aromatic heterocycles. The third-order valence-corrected chi connectivity index (χ3v) is 4.51. The number of nitrogens with zero attached hydrogens (tertiary/aromatic N) is 3. The summed E-state index contributed by atoms with van der Waals surface area (Å²) in [5.74, 6) is 1.27. The van der Waals surface area contributed by atoms with Gasteiger partial charge in [0.2, 0.25) is 5.88 Å². The Morgan fingerprint density at radius 1 is 1.15 bits per heavy atom. The molecule has 0 atom stereocenters. The van der Waals surface area contributed by atoms with Crippen molar-refractivity contribution in [2.75, 3.05) is 7.11 Å². The highest BCUT2D eigenvalue weighted by molar-refractivity contribution is 6.34. The van der Waals surface area contributed by atoms with Crippen molar-refractivity contribution in [3.05, 3.63) is 58.7 Å². The van der Waals surface area contributed by atoms with Gasteiger partial charge in [0.15, 0.2) is 17.1 Å². The normalized spacial score (nSPS) is 11.0. The predicted molar refractivity (Wildman–Crippen MR) is 98.7 cm³/mol. The number of ether oxygens (including phenoxy) is 2. The molecule has 0 saturated heterocycles. The first-order chi connectivity index (χ1) is 12.6. The molecule has 0 spiro atoms. The van der Waals surface area contributed by atoms with E-state index in [1.54, 1.807) is 22.7 Å². The lowest BCUT2D eigenvalue weighted by atomic mass is 10.2. The monoisotopic (exact) mass is 367 g/mol. The third-order valence-electron chi connectivity index (χ3n) is 4.07. The van der Waals surface area contributed by atoms with Gasteiger partial charge in [-0.3, -0.25) is 4.79 Å². The number of benzene rings is 2. The minimum absolute atomic E-state index is 0.382. The van der Waals surface area contributed by atoms with E-state index in [9.17, 15) is 4.79 Å². The van der Waals surface area contributed by atoms with Crippen molar-refractivity contribution >= 4 is 34.4 Å². The number of halogens is 1. The van der Waals surface area contributed by atoms with Gasteiger partial charge in [0.25, 0.3) is 0 Å². The second-order valence-electron chi connectivity index (χ2n) is 5.70. The Kier molecular flexibility index (Phi) is 3.97. The molecular formula is C19H14ClN3O3. The minimum atomic E-state index is 0.382. The van der Waals surface area contributed by atoms with Crippen LogP contribution in [0.3, 0.4) is 0 Å². The second-order valence-corrected chi connectivity index (χ2v) is 6.08. The maximum atomic E-state index is 11.0. The first-order valence-electron chi connectivity index (χ1n) is 7.87. The molecule has 0 fully saturated rings. The summed E-state index contributed by atoms with van der Waals surface area (Å²) in [5.41, 5.74) is 2.53. The Labute approximate surface area is 153 Å². The molecule has 2 heterocycles. The van der Waals surface area contributed by atoms with Gasteiger partial charge >= 0.3 is 0 Å². The molecule has 0 aliphatic rings. The van der Waals surface area contributed by atoms with Gasteiger partial charge in [-0.15, -0.1) is 0 Å². The molecule has 130 valence electrons. The van der Waals surface area contributed by atoms with E-state index in [4.69, 9.17) is 21.1 Å². The van der Waals surface area contributed by atoms with Gasteiger partial charge in [-0.1, -0.05) is 23.7 Å². The zero-order chi connectivity index (χ0) is 18.3. The van der Waals surface area contributed by atoms with Crippen LogP contribution in [-0.4, -0.2) is 28.0 Å².